The number of rotatable bonds is 9. The molecule has 4 unspecified atom stereocenters. The number of hydrogen-bond acceptors (Lipinski definition) is 5. The van der Waals surface area contributed by atoms with Crippen molar-refractivity contribution in [2.24, 2.45) is 17.4 Å². The van der Waals surface area contributed by atoms with Crippen LogP contribution in [0.4, 0.5) is 0 Å². The molecule has 0 saturated heterocycles. The summed E-state index contributed by atoms with van der Waals surface area (Å²) in [6, 6.07) is 0. The number of hydrogen-bond donors (Lipinski definition) is 4. The first-order valence-electron chi connectivity index (χ1n) is 5.85. The summed E-state index contributed by atoms with van der Waals surface area (Å²) < 4.78 is 5.22. The van der Waals surface area contributed by atoms with E-state index >= 15 is 0 Å². The molecule has 0 aromatic carbocycles. The average molecular weight is 234 g/mol. The van der Waals surface area contributed by atoms with Crippen molar-refractivity contribution in [2.45, 2.75) is 44.5 Å². The smallest absolute Gasteiger partial charge is 0.0834 e. The van der Waals surface area contributed by atoms with E-state index in [2.05, 4.69) is 0 Å². The van der Waals surface area contributed by atoms with Crippen LogP contribution in [0.2, 0.25) is 0 Å². The lowest BCUT2D eigenvalue weighted by Gasteiger charge is -2.26. The topological polar surface area (TPSA) is 102 Å². The molecule has 5 nitrogen and oxygen atoms in total. The number of aliphatic hydroxyl groups excluding tert-OH is 2. The predicted molar refractivity (Wildman–Crippen MR) is 63.9 cm³/mol. The summed E-state index contributed by atoms with van der Waals surface area (Å²) in [5.74, 6) is 0.0564. The second kappa shape index (κ2) is 8.90. The lowest BCUT2D eigenvalue weighted by molar-refractivity contribution is -0.0379. The van der Waals surface area contributed by atoms with Gasteiger partial charge in [0.15, 0.2) is 0 Å². The molecule has 0 aromatic rings. The Balaban J connectivity index is 4.09. The fourth-order valence-electron chi connectivity index (χ4n) is 1.75. The van der Waals surface area contributed by atoms with Gasteiger partial charge in [0.25, 0.3) is 0 Å². The summed E-state index contributed by atoms with van der Waals surface area (Å²) in [5, 5.41) is 19.5. The van der Waals surface area contributed by atoms with Gasteiger partial charge >= 0.3 is 0 Å². The van der Waals surface area contributed by atoms with E-state index < -0.39 is 12.2 Å². The first-order valence-corrected chi connectivity index (χ1v) is 5.85. The van der Waals surface area contributed by atoms with Crippen molar-refractivity contribution in [3.8, 4) is 0 Å². The maximum Gasteiger partial charge on any atom is 0.0834 e. The molecule has 4 atom stereocenters. The number of nitrogens with two attached hydrogens (primary N) is 2. The lowest BCUT2D eigenvalue weighted by Crippen LogP contribution is -2.34. The molecule has 0 aliphatic carbocycles. The van der Waals surface area contributed by atoms with Gasteiger partial charge in [-0.1, -0.05) is 6.92 Å². The molecule has 0 amide bonds. The Morgan fingerprint density at radius 2 is 1.56 bits per heavy atom. The highest BCUT2D eigenvalue weighted by atomic mass is 16.5. The van der Waals surface area contributed by atoms with E-state index in [1.807, 2.05) is 6.92 Å². The van der Waals surface area contributed by atoms with Gasteiger partial charge < -0.3 is 26.4 Å². The summed E-state index contributed by atoms with van der Waals surface area (Å²) in [4.78, 5) is 0. The third kappa shape index (κ3) is 5.77. The fraction of sp³-hybridized carbons (Fsp3) is 1.00. The van der Waals surface area contributed by atoms with Crippen LogP contribution in [0.15, 0.2) is 0 Å². The van der Waals surface area contributed by atoms with Gasteiger partial charge in [0.05, 0.1) is 18.3 Å². The Hall–Kier alpha value is -0.200. The van der Waals surface area contributed by atoms with E-state index in [0.717, 1.165) is 0 Å². The number of aliphatic hydroxyl groups is 2. The van der Waals surface area contributed by atoms with Crippen LogP contribution >= 0.6 is 0 Å². The van der Waals surface area contributed by atoms with Crippen molar-refractivity contribution in [3.05, 3.63) is 0 Å². The van der Waals surface area contributed by atoms with Crippen molar-refractivity contribution in [3.63, 3.8) is 0 Å². The van der Waals surface area contributed by atoms with Crippen LogP contribution in [0.3, 0.4) is 0 Å². The van der Waals surface area contributed by atoms with Crippen molar-refractivity contribution >= 4 is 0 Å². The molecule has 0 bridgehead atoms. The molecule has 0 aliphatic rings. The quantitative estimate of drug-likeness (QED) is 0.428. The minimum atomic E-state index is -0.567. The van der Waals surface area contributed by atoms with Gasteiger partial charge in [-0.15, -0.1) is 0 Å². The summed E-state index contributed by atoms with van der Waals surface area (Å²) in [7, 11) is 1.56. The van der Waals surface area contributed by atoms with Crippen molar-refractivity contribution < 1.29 is 14.9 Å². The molecule has 0 rings (SSSR count). The maximum absolute atomic E-state index is 9.76. The molecule has 16 heavy (non-hydrogen) atoms. The van der Waals surface area contributed by atoms with E-state index in [1.54, 1.807) is 7.11 Å². The largest absolute Gasteiger partial charge is 0.393 e. The van der Waals surface area contributed by atoms with Gasteiger partial charge in [0.1, 0.15) is 0 Å². The van der Waals surface area contributed by atoms with E-state index in [1.165, 1.54) is 0 Å². The number of ether oxygens (including phenoxy) is 1. The molecule has 0 aliphatic heterocycles. The molecule has 0 aromatic heterocycles. The fourth-order valence-corrected chi connectivity index (χ4v) is 1.75. The van der Waals surface area contributed by atoms with Crippen molar-refractivity contribution in [1.29, 1.82) is 0 Å². The van der Waals surface area contributed by atoms with Crippen LogP contribution in [0.25, 0.3) is 0 Å². The van der Waals surface area contributed by atoms with Gasteiger partial charge in [-0.3, -0.25) is 0 Å². The third-order valence-corrected chi connectivity index (χ3v) is 2.92. The van der Waals surface area contributed by atoms with E-state index in [9.17, 15) is 10.2 Å². The minimum absolute atomic E-state index is 0.0564. The highest BCUT2D eigenvalue weighted by Gasteiger charge is 2.23. The van der Waals surface area contributed by atoms with Crippen LogP contribution in [-0.2, 0) is 4.74 Å². The van der Waals surface area contributed by atoms with E-state index in [0.29, 0.717) is 32.4 Å². The predicted octanol–water partition coefficient (Wildman–Crippen LogP) is -0.553. The molecule has 0 radical (unpaired) electrons. The van der Waals surface area contributed by atoms with Crippen LogP contribution in [0.5, 0.6) is 0 Å². The molecular formula is C11H26N2O3. The zero-order valence-corrected chi connectivity index (χ0v) is 10.3. The molecule has 98 valence electrons. The van der Waals surface area contributed by atoms with Gasteiger partial charge in [-0.25, -0.2) is 0 Å². The Morgan fingerprint density at radius 3 is 2.00 bits per heavy atom. The second-order valence-corrected chi connectivity index (χ2v) is 4.28. The number of methoxy groups -OCH3 is 1. The zero-order chi connectivity index (χ0) is 12.6. The van der Waals surface area contributed by atoms with Gasteiger partial charge in [0, 0.05) is 7.11 Å². The van der Waals surface area contributed by atoms with Crippen LogP contribution in [-0.4, -0.2) is 48.7 Å². The van der Waals surface area contributed by atoms with E-state index in [-0.39, 0.29) is 12.0 Å². The van der Waals surface area contributed by atoms with Gasteiger partial charge in [0.2, 0.25) is 0 Å². The van der Waals surface area contributed by atoms with Crippen molar-refractivity contribution in [2.75, 3.05) is 20.2 Å². The first kappa shape index (κ1) is 15.8. The highest BCUT2D eigenvalue weighted by molar-refractivity contribution is 4.75. The van der Waals surface area contributed by atoms with Gasteiger partial charge in [-0.2, -0.15) is 0 Å². The zero-order valence-electron chi connectivity index (χ0n) is 10.3. The summed E-state index contributed by atoms with van der Waals surface area (Å²) in [6.45, 7) is 2.83. The van der Waals surface area contributed by atoms with Crippen LogP contribution in [0, 0.1) is 5.92 Å². The Bertz CT molecular complexity index is 169. The third-order valence-electron chi connectivity index (χ3n) is 2.92. The van der Waals surface area contributed by atoms with Crippen molar-refractivity contribution in [1.82, 2.24) is 0 Å². The SMILES string of the molecule is COC(CC(C)C(O)CCN)C(O)CCN. The standard InChI is InChI=1S/C11H26N2O3/c1-8(9(14)3-5-12)7-11(16-2)10(15)4-6-13/h8-11,14-15H,3-7,12-13H2,1-2H3. The molecular weight excluding hydrogens is 208 g/mol. The molecule has 0 saturated carbocycles. The maximum atomic E-state index is 9.76. The molecule has 0 heterocycles. The molecule has 0 spiro atoms. The molecule has 0 fully saturated rings. The highest BCUT2D eigenvalue weighted by Crippen LogP contribution is 2.18. The normalized spacial score (nSPS) is 19.1. The van der Waals surface area contributed by atoms with Crippen LogP contribution in [0.1, 0.15) is 26.2 Å². The average Bonchev–Trinajstić information content (AvgIpc) is 2.26. The summed E-state index contributed by atoms with van der Waals surface area (Å²) >= 11 is 0. The molecule has 6 N–H and O–H groups in total. The first-order chi connectivity index (χ1) is 7.56. The van der Waals surface area contributed by atoms with Gasteiger partial charge in [-0.05, 0) is 38.3 Å². The van der Waals surface area contributed by atoms with Crippen LogP contribution < -0.4 is 11.5 Å². The Kier molecular flexibility index (Phi) is 8.78. The minimum Gasteiger partial charge on any atom is -0.393 e. The molecule has 5 heteroatoms. The second-order valence-electron chi connectivity index (χ2n) is 4.28. The Morgan fingerprint density at radius 1 is 1.06 bits per heavy atom. The summed E-state index contributed by atoms with van der Waals surface area (Å²) in [5.41, 5.74) is 10.8. The van der Waals surface area contributed by atoms with E-state index in [4.69, 9.17) is 16.2 Å². The summed E-state index contributed by atoms with van der Waals surface area (Å²) in [6.07, 6.45) is 0.419. The lowest BCUT2D eigenvalue weighted by atomic mass is 9.92. The monoisotopic (exact) mass is 234 g/mol. The Labute approximate surface area is 97.8 Å².